The third-order valence-electron chi connectivity index (χ3n) is 2.93. The number of rotatable bonds is 1. The summed E-state index contributed by atoms with van der Waals surface area (Å²) in [7, 11) is 0. The van der Waals surface area contributed by atoms with E-state index in [1.807, 2.05) is 0 Å². The van der Waals surface area contributed by atoms with E-state index in [-0.39, 0.29) is 18.8 Å². The lowest BCUT2D eigenvalue weighted by atomic mass is 10.1. The molecule has 1 amide bonds. The van der Waals surface area contributed by atoms with E-state index in [0.717, 1.165) is 18.0 Å². The monoisotopic (exact) mass is 277 g/mol. The quantitative estimate of drug-likeness (QED) is 0.842. The number of hydrogen-bond acceptors (Lipinski definition) is 3. The van der Waals surface area contributed by atoms with Crippen molar-refractivity contribution < 1.29 is 27.9 Å². The lowest BCUT2D eigenvalue weighted by molar-refractivity contribution is -0.172. The van der Waals surface area contributed by atoms with Gasteiger partial charge in [0.1, 0.15) is 11.4 Å². The fourth-order valence-corrected chi connectivity index (χ4v) is 2.09. The molecule has 19 heavy (non-hydrogen) atoms. The van der Waals surface area contributed by atoms with Crippen molar-refractivity contribution in [2.75, 3.05) is 11.4 Å². The molecule has 0 radical (unpaired) electrons. The average Bonchev–Trinajstić information content (AvgIpc) is 2.69. The zero-order valence-electron chi connectivity index (χ0n) is 9.81. The first kappa shape index (κ1) is 13.4. The van der Waals surface area contributed by atoms with E-state index < -0.39 is 29.7 Å². The first-order valence-electron chi connectivity index (χ1n) is 5.39. The van der Waals surface area contributed by atoms with Crippen LogP contribution in [0.5, 0.6) is 0 Å². The maximum Gasteiger partial charge on any atom is 0.410 e. The highest BCUT2D eigenvalue weighted by atomic mass is 19.4. The van der Waals surface area contributed by atoms with Crippen molar-refractivity contribution in [3.05, 3.63) is 11.8 Å². The minimum Gasteiger partial charge on any atom is -0.477 e. The number of carboxylic acid groups (broad SMARTS) is 1. The molecule has 0 aliphatic carbocycles. The van der Waals surface area contributed by atoms with Crippen LogP contribution in [0.25, 0.3) is 0 Å². The Kier molecular flexibility index (Phi) is 2.99. The van der Waals surface area contributed by atoms with Gasteiger partial charge in [0.25, 0.3) is 0 Å². The molecule has 1 N–H and O–H groups in total. The SMILES string of the molecule is CC(=O)N1CCC(C(F)(F)F)n2ncc(C(=O)O)c21. The second kappa shape index (κ2) is 4.25. The Bertz CT molecular complexity index is 538. The molecule has 6 nitrogen and oxygen atoms in total. The normalized spacial score (nSPS) is 19.2. The van der Waals surface area contributed by atoms with Gasteiger partial charge in [-0.25, -0.2) is 9.48 Å². The molecule has 2 heterocycles. The summed E-state index contributed by atoms with van der Waals surface area (Å²) in [6.07, 6.45) is -4.06. The summed E-state index contributed by atoms with van der Waals surface area (Å²) in [6.45, 7) is 0.975. The number of aromatic carboxylic acids is 1. The van der Waals surface area contributed by atoms with Crippen LogP contribution >= 0.6 is 0 Å². The lowest BCUT2D eigenvalue weighted by Crippen LogP contribution is -2.42. The van der Waals surface area contributed by atoms with Crippen LogP contribution in [0.15, 0.2) is 6.20 Å². The van der Waals surface area contributed by atoms with E-state index in [0.29, 0.717) is 4.68 Å². The summed E-state index contributed by atoms with van der Waals surface area (Å²) in [4.78, 5) is 23.4. The molecule has 104 valence electrons. The molecule has 0 aromatic carbocycles. The van der Waals surface area contributed by atoms with Crippen molar-refractivity contribution in [3.63, 3.8) is 0 Å². The molecule has 0 fully saturated rings. The van der Waals surface area contributed by atoms with Crippen molar-refractivity contribution in [2.24, 2.45) is 0 Å². The third-order valence-corrected chi connectivity index (χ3v) is 2.93. The summed E-state index contributed by atoms with van der Waals surface area (Å²) in [5.74, 6) is -2.26. The van der Waals surface area contributed by atoms with Gasteiger partial charge in [0.2, 0.25) is 5.91 Å². The topological polar surface area (TPSA) is 75.4 Å². The Morgan fingerprint density at radius 3 is 2.58 bits per heavy atom. The van der Waals surface area contributed by atoms with Gasteiger partial charge < -0.3 is 5.11 Å². The number of carboxylic acids is 1. The second-order valence-corrected chi connectivity index (χ2v) is 4.15. The highest BCUT2D eigenvalue weighted by Crippen LogP contribution is 2.40. The molecule has 0 spiro atoms. The number of halogens is 3. The van der Waals surface area contributed by atoms with Gasteiger partial charge in [-0.05, 0) is 6.42 Å². The van der Waals surface area contributed by atoms with Gasteiger partial charge in [-0.1, -0.05) is 0 Å². The molecular formula is C10H10F3N3O3. The lowest BCUT2D eigenvalue weighted by Gasteiger charge is -2.33. The minimum absolute atomic E-state index is 0.189. The smallest absolute Gasteiger partial charge is 0.410 e. The maximum atomic E-state index is 12.8. The zero-order chi connectivity index (χ0) is 14.4. The number of nitrogens with zero attached hydrogens (tertiary/aromatic N) is 3. The summed E-state index contributed by atoms with van der Waals surface area (Å²) in [6, 6.07) is -1.91. The van der Waals surface area contributed by atoms with Crippen molar-refractivity contribution in [1.82, 2.24) is 9.78 Å². The average molecular weight is 277 g/mol. The Morgan fingerprint density at radius 2 is 2.11 bits per heavy atom. The van der Waals surface area contributed by atoms with E-state index in [4.69, 9.17) is 5.11 Å². The predicted molar refractivity (Wildman–Crippen MR) is 56.9 cm³/mol. The molecule has 0 saturated carbocycles. The standard InChI is InChI=1S/C10H10F3N3O3/c1-5(17)15-3-2-7(10(11,12)13)16-8(15)6(4-14-16)9(18)19/h4,7H,2-3H2,1H3,(H,18,19). The van der Waals surface area contributed by atoms with Gasteiger partial charge in [-0.15, -0.1) is 0 Å². The second-order valence-electron chi connectivity index (χ2n) is 4.15. The predicted octanol–water partition coefficient (Wildman–Crippen LogP) is 1.44. The highest BCUT2D eigenvalue weighted by Gasteiger charge is 2.46. The van der Waals surface area contributed by atoms with Gasteiger partial charge in [0.05, 0.1) is 6.20 Å². The number of amides is 1. The van der Waals surface area contributed by atoms with E-state index in [9.17, 15) is 22.8 Å². The van der Waals surface area contributed by atoms with Gasteiger partial charge in [0.15, 0.2) is 6.04 Å². The van der Waals surface area contributed by atoms with E-state index in [1.54, 1.807) is 0 Å². The number of alkyl halides is 3. The molecule has 1 aliphatic heterocycles. The molecule has 0 bridgehead atoms. The Hall–Kier alpha value is -2.06. The van der Waals surface area contributed by atoms with E-state index >= 15 is 0 Å². The summed E-state index contributed by atoms with van der Waals surface area (Å²) < 4.78 is 39.1. The van der Waals surface area contributed by atoms with Gasteiger partial charge in [-0.3, -0.25) is 9.69 Å². The molecule has 2 rings (SSSR count). The summed E-state index contributed by atoms with van der Waals surface area (Å²) in [5, 5.41) is 12.4. The largest absolute Gasteiger partial charge is 0.477 e. The minimum atomic E-state index is -4.54. The van der Waals surface area contributed by atoms with Crippen LogP contribution in [0.4, 0.5) is 19.0 Å². The number of anilines is 1. The molecule has 0 saturated heterocycles. The number of fused-ring (bicyclic) bond motifs is 1. The zero-order valence-corrected chi connectivity index (χ0v) is 9.81. The van der Waals surface area contributed by atoms with Crippen LogP contribution in [-0.4, -0.2) is 39.5 Å². The van der Waals surface area contributed by atoms with E-state index in [2.05, 4.69) is 5.10 Å². The number of carbonyl (C=O) groups excluding carboxylic acids is 1. The van der Waals surface area contributed by atoms with Crippen LogP contribution in [0.3, 0.4) is 0 Å². The molecular weight excluding hydrogens is 267 g/mol. The molecule has 1 aromatic rings. The van der Waals surface area contributed by atoms with Crippen molar-refractivity contribution in [1.29, 1.82) is 0 Å². The van der Waals surface area contributed by atoms with Crippen LogP contribution in [0, 0.1) is 0 Å². The number of carbonyl (C=O) groups is 2. The van der Waals surface area contributed by atoms with Crippen LogP contribution < -0.4 is 4.90 Å². The Labute approximate surface area is 105 Å². The van der Waals surface area contributed by atoms with Gasteiger partial charge >= 0.3 is 12.1 Å². The van der Waals surface area contributed by atoms with Crippen LogP contribution in [0.2, 0.25) is 0 Å². The molecule has 1 atom stereocenters. The fraction of sp³-hybridized carbons (Fsp3) is 0.500. The van der Waals surface area contributed by atoms with Crippen molar-refractivity contribution >= 4 is 17.7 Å². The number of aromatic nitrogens is 2. The molecule has 1 unspecified atom stereocenters. The molecule has 9 heteroatoms. The molecule has 1 aromatic heterocycles. The molecule has 1 aliphatic rings. The Balaban J connectivity index is 2.58. The van der Waals surface area contributed by atoms with Gasteiger partial charge in [0, 0.05) is 13.5 Å². The summed E-state index contributed by atoms with van der Waals surface area (Å²) >= 11 is 0. The van der Waals surface area contributed by atoms with Gasteiger partial charge in [-0.2, -0.15) is 18.3 Å². The first-order chi connectivity index (χ1) is 8.73. The van der Waals surface area contributed by atoms with Crippen molar-refractivity contribution in [3.8, 4) is 0 Å². The van der Waals surface area contributed by atoms with Crippen molar-refractivity contribution in [2.45, 2.75) is 25.6 Å². The van der Waals surface area contributed by atoms with Crippen LogP contribution in [0.1, 0.15) is 29.7 Å². The van der Waals surface area contributed by atoms with E-state index in [1.165, 1.54) is 0 Å². The van der Waals surface area contributed by atoms with Crippen LogP contribution in [-0.2, 0) is 4.79 Å². The third kappa shape index (κ3) is 2.15. The first-order valence-corrected chi connectivity index (χ1v) is 5.39. The maximum absolute atomic E-state index is 12.8. The Morgan fingerprint density at radius 1 is 1.47 bits per heavy atom. The summed E-state index contributed by atoms with van der Waals surface area (Å²) in [5.41, 5.74) is -0.413. The fourth-order valence-electron chi connectivity index (χ4n) is 2.09. The number of hydrogen-bond donors (Lipinski definition) is 1. The highest BCUT2D eigenvalue weighted by molar-refractivity contribution is 6.00.